The van der Waals surface area contributed by atoms with Gasteiger partial charge in [-0.05, 0) is 291 Å². The third-order valence-electron chi connectivity index (χ3n) is 23.1. The first kappa shape index (κ1) is 106. The number of halogens is 3. The van der Waals surface area contributed by atoms with Crippen molar-refractivity contribution in [2.45, 2.75) is 234 Å². The van der Waals surface area contributed by atoms with Gasteiger partial charge in [-0.1, -0.05) is 52.5 Å². The largest absolute Gasteiger partial charge is 0.497 e. The number of nitrogens with one attached hydrogen (secondary N) is 4. The topological polar surface area (TPSA) is 376 Å². The van der Waals surface area contributed by atoms with Crippen molar-refractivity contribution in [1.29, 1.82) is 0 Å². The van der Waals surface area contributed by atoms with Crippen LogP contribution >= 0.6 is 54.5 Å². The van der Waals surface area contributed by atoms with Gasteiger partial charge in [-0.15, -0.1) is 6.42 Å². The number of pyridine rings is 3. The Bertz CT molecular complexity index is 4930. The van der Waals surface area contributed by atoms with Crippen molar-refractivity contribution < 1.29 is 86.3 Å². The zero-order valence-electron chi connectivity index (χ0n) is 79.4. The van der Waals surface area contributed by atoms with Crippen LogP contribution in [0.4, 0.5) is 28.8 Å². The second-order valence-corrected chi connectivity index (χ2v) is 42.0. The first-order valence-corrected chi connectivity index (χ1v) is 48.0. The normalized spacial score (nSPS) is 20.4. The summed E-state index contributed by atoms with van der Waals surface area (Å²) in [5, 5.41) is 18.7. The van der Waals surface area contributed by atoms with Gasteiger partial charge in [0.2, 0.25) is 5.54 Å². The number of Topliss-reactive ketones (excluding diaryl/α,β-unsaturated/α-hetero) is 1. The number of nitrogens with zero attached hydrogens (tertiary/aromatic N) is 11. The fraction of sp³-hybridized carbons (Fsp3) is 0.567. The fourth-order valence-corrected chi connectivity index (χ4v) is 16.7. The van der Waals surface area contributed by atoms with Crippen molar-refractivity contribution in [3.63, 3.8) is 0 Å². The number of alkyl halides is 1. The van der Waals surface area contributed by atoms with Gasteiger partial charge in [0.1, 0.15) is 39.7 Å². The van der Waals surface area contributed by atoms with Crippen LogP contribution in [-0.2, 0) is 46.4 Å². The van der Waals surface area contributed by atoms with Gasteiger partial charge in [-0.2, -0.15) is 0 Å². The maximum Gasteiger partial charge on any atom is 0.410 e. The summed E-state index contributed by atoms with van der Waals surface area (Å²) in [4.78, 5) is 159. The highest BCUT2D eigenvalue weighted by Gasteiger charge is 2.50. The van der Waals surface area contributed by atoms with Crippen molar-refractivity contribution in [1.82, 2.24) is 75.4 Å². The molecule has 3 aromatic heterocycles. The van der Waals surface area contributed by atoms with E-state index in [1.54, 1.807) is 56.1 Å². The number of ketones is 1. The van der Waals surface area contributed by atoms with E-state index in [1.165, 1.54) is 55.6 Å². The molecule has 722 valence electrons. The van der Waals surface area contributed by atoms with Crippen molar-refractivity contribution in [2.24, 2.45) is 0 Å². The highest BCUT2D eigenvalue weighted by Crippen LogP contribution is 2.35. The SMILES string of the molecule is C#C[C@]1(CN2Cc3ccc(OC)cc3C2=O)NC(=O)NC1=O.CC(C)(C)OC(=O)N1CCC(=O)CC1.CC(C)(C)OC(=O)N1CCC(I)CC1.CC(C)(C)OC(=O)N1CCC(O)CC1.CC(C)(C)OC(=O)N1CCC(c2ccc(Br)cn2)CC1.CN1CCC(c2ccc(Br)cn2)CC1.COc1ccc2c(c1)C(=O)N(C[C@@]1(C#Cc3ccc(C4CCN(C)CC4)nc3)NC(=O)NC1=O)C2. The number of carbonyl (C=O) groups excluding carboxylic acids is 11. The molecular weight excluding hydrogens is 1950 g/mol. The van der Waals surface area contributed by atoms with Gasteiger partial charge >= 0.3 is 36.4 Å². The van der Waals surface area contributed by atoms with Crippen LogP contribution in [0.1, 0.15) is 232 Å². The summed E-state index contributed by atoms with van der Waals surface area (Å²) in [7, 11) is 7.37. The van der Waals surface area contributed by atoms with Crippen molar-refractivity contribution in [2.75, 3.05) is 120 Å². The second kappa shape index (κ2) is 47.8. The summed E-state index contributed by atoms with van der Waals surface area (Å²) in [6, 6.07) is 21.4. The monoisotopic (exact) mass is 2080 g/mol. The van der Waals surface area contributed by atoms with Crippen LogP contribution in [0.5, 0.6) is 11.5 Å². The fourth-order valence-electron chi connectivity index (χ4n) is 15.7. The number of aliphatic hydroxyl groups is 1. The minimum atomic E-state index is -1.55. The van der Waals surface area contributed by atoms with Crippen LogP contribution in [0.2, 0.25) is 0 Å². The maximum absolute atomic E-state index is 13.0. The van der Waals surface area contributed by atoms with Gasteiger partial charge in [0.05, 0.1) is 33.4 Å². The number of fused-ring (bicyclic) bond motifs is 2. The minimum Gasteiger partial charge on any atom is -0.497 e. The van der Waals surface area contributed by atoms with E-state index in [-0.39, 0.29) is 66.8 Å². The number of hydrogen-bond acceptors (Lipinski definition) is 23. The minimum absolute atomic E-state index is 0.0749. The molecule has 10 aliphatic rings. The maximum atomic E-state index is 13.0. The lowest BCUT2D eigenvalue weighted by atomic mass is 9.93. The molecule has 13 heterocycles. The average Bonchev–Trinajstić information content (AvgIpc) is 1.62. The number of aromatic nitrogens is 3. The molecule has 36 heteroatoms. The van der Waals surface area contributed by atoms with Crippen LogP contribution in [0.25, 0.3) is 0 Å². The highest BCUT2D eigenvalue weighted by molar-refractivity contribution is 14.1. The molecule has 133 heavy (non-hydrogen) atoms. The number of methoxy groups -OCH3 is 2. The van der Waals surface area contributed by atoms with Crippen LogP contribution in [0.3, 0.4) is 0 Å². The zero-order valence-corrected chi connectivity index (χ0v) is 84.7. The molecule has 0 spiro atoms. The Kier molecular flexibility index (Phi) is 38.2. The van der Waals surface area contributed by atoms with Gasteiger partial charge in [-0.3, -0.25) is 49.6 Å². The van der Waals surface area contributed by atoms with Crippen LogP contribution in [0.15, 0.2) is 100 Å². The van der Waals surface area contributed by atoms with Crippen LogP contribution < -0.4 is 30.7 Å². The van der Waals surface area contributed by atoms with E-state index in [0.717, 1.165) is 109 Å². The van der Waals surface area contributed by atoms with Gasteiger partial charge < -0.3 is 83.4 Å². The van der Waals surface area contributed by atoms with Gasteiger partial charge in [0, 0.05) is 161 Å². The molecule has 33 nitrogen and oxygen atoms in total. The molecule has 5 N–H and O–H groups in total. The van der Waals surface area contributed by atoms with E-state index in [1.807, 2.05) is 120 Å². The standard InChI is InChI=1S/C26H27N5O4.C15H21BrN2O2.C15H13N3O4.C11H15BrN2.C10H18INO2.C10H19NO3.C10H17NO3/c1-30-11-8-18(9-12-30)22-6-3-17(14-27-22)7-10-26(24(33)28-25(34)29-26)16-31-15-19-4-5-20(35-2)13-21(19)23(31)32;1-15(2,3)20-14(19)18-8-6-11(7-9-18)13-5-4-12(16)10-17-13;1-3-15(13(20)16-14(21)17-15)8-18-7-9-4-5-10(22-2)6-11(9)12(18)19;1-14-6-4-9(5-7-14)11-3-2-10(12)8-13-11;1-10(2,3)14-9(13)12-6-4-8(11)5-7-12;2*1-10(2,3)14-9(13)11-6-4-8(12)5-7-11/h3-6,13-14,18H,8-9,11-12,15-16H2,1-2H3,(H2,28,29,33,34);4-5,10-11H,6-9H2,1-3H3;1,4-6H,7-8H2,2H3,(H2,16,17,20,21);2-3,8-9H,4-7H2,1H3;8H,4-7H2,1-3H3;8,12H,4-7H2,1-3H3;4-7H2,1-3H3/t26-;;15-;;;;/m1.1..../s1. The summed E-state index contributed by atoms with van der Waals surface area (Å²) in [6.45, 7) is 32.7. The molecular formula is C97H130Br2IN15O18. The Morgan fingerprint density at radius 3 is 1.14 bits per heavy atom. The molecule has 12 amide bonds. The summed E-state index contributed by atoms with van der Waals surface area (Å²) in [5.41, 5.74) is 1.94. The van der Waals surface area contributed by atoms with E-state index < -0.39 is 51.8 Å². The molecule has 0 aliphatic carbocycles. The van der Waals surface area contributed by atoms with Crippen molar-refractivity contribution in [3.8, 4) is 35.7 Å². The molecule has 0 bridgehead atoms. The van der Waals surface area contributed by atoms with E-state index in [2.05, 4.69) is 151 Å². The van der Waals surface area contributed by atoms with E-state index in [4.69, 9.17) is 34.8 Å². The number of rotatable bonds is 9. The predicted octanol–water partition coefficient (Wildman–Crippen LogP) is 13.7. The number of carbonyl (C=O) groups is 11. The molecule has 15 rings (SSSR count). The molecule has 2 atom stereocenters. The number of ether oxygens (including phenoxy) is 6. The Morgan fingerprint density at radius 1 is 0.474 bits per heavy atom. The Labute approximate surface area is 811 Å². The van der Waals surface area contributed by atoms with Gasteiger partial charge in [0.25, 0.3) is 23.6 Å². The van der Waals surface area contributed by atoms with E-state index >= 15 is 0 Å². The smallest absolute Gasteiger partial charge is 0.410 e. The summed E-state index contributed by atoms with van der Waals surface area (Å²) in [6.07, 6.45) is 20.5. The van der Waals surface area contributed by atoms with E-state index in [0.29, 0.717) is 115 Å². The van der Waals surface area contributed by atoms with Gasteiger partial charge in [0.15, 0.2) is 5.54 Å². The van der Waals surface area contributed by atoms with Crippen molar-refractivity contribution >= 4 is 120 Å². The highest BCUT2D eigenvalue weighted by atomic mass is 127. The Morgan fingerprint density at radius 2 is 0.812 bits per heavy atom. The number of piperidine rings is 6. The molecule has 0 radical (unpaired) electrons. The lowest BCUT2D eigenvalue weighted by Crippen LogP contribution is -2.54. The Balaban J connectivity index is 0.000000180. The number of amides is 12. The first-order valence-electron chi connectivity index (χ1n) is 45.1. The third kappa shape index (κ3) is 32.8. The first-order chi connectivity index (χ1) is 62.6. The number of benzene rings is 2. The lowest BCUT2D eigenvalue weighted by molar-refractivity contribution is -0.123. The predicted molar refractivity (Wildman–Crippen MR) is 517 cm³/mol. The molecule has 2 aromatic carbocycles. The quantitative estimate of drug-likeness (QED) is 0.0301. The van der Waals surface area contributed by atoms with E-state index in [9.17, 15) is 57.8 Å². The summed E-state index contributed by atoms with van der Waals surface area (Å²) >= 11 is 9.24. The molecule has 0 unspecified atom stereocenters. The Hall–Kier alpha value is -10.3. The molecule has 8 saturated heterocycles. The number of terminal acetylenes is 1. The number of aliphatic hydroxyl groups excluding tert-OH is 1. The molecule has 0 saturated carbocycles. The molecule has 5 aromatic rings. The van der Waals surface area contributed by atoms with Crippen molar-refractivity contribution in [3.05, 3.63) is 145 Å². The van der Waals surface area contributed by atoms with Crippen LogP contribution in [-0.4, -0.2) is 289 Å². The van der Waals surface area contributed by atoms with Crippen LogP contribution in [0, 0.1) is 24.2 Å². The second-order valence-electron chi connectivity index (χ2n) is 38.4. The lowest BCUT2D eigenvalue weighted by Gasteiger charge is -2.33. The summed E-state index contributed by atoms with van der Waals surface area (Å²) < 4.78 is 34.2. The zero-order chi connectivity index (χ0) is 97.5. The number of likely N-dealkylation sites (tertiary alicyclic amines) is 6. The molecule has 8 fully saturated rings. The number of urea groups is 2. The summed E-state index contributed by atoms with van der Waals surface area (Å²) in [5.74, 6) is 9.44. The molecule has 10 aliphatic heterocycles. The van der Waals surface area contributed by atoms with Gasteiger partial charge in [-0.25, -0.2) is 28.8 Å². The number of imide groups is 2. The average molecular weight is 2080 g/mol. The third-order valence-corrected chi connectivity index (χ3v) is 25.3. The number of hydrogen-bond donors (Lipinski definition) is 5.